The van der Waals surface area contributed by atoms with E-state index < -0.39 is 0 Å². The Hall–Kier alpha value is -0.0400. The molecule has 0 fully saturated rings. The first-order chi connectivity index (χ1) is 7.11. The zero-order chi connectivity index (χ0) is 11.7. The molecule has 1 nitrogen and oxygen atoms in total. The van der Waals surface area contributed by atoms with Crippen LogP contribution in [0, 0.1) is 11.8 Å². The molecular formula is C14H30O. The number of aliphatic hydroxyl groups excluding tert-OH is 1. The van der Waals surface area contributed by atoms with Gasteiger partial charge in [0.1, 0.15) is 0 Å². The highest BCUT2D eigenvalue weighted by atomic mass is 16.3. The van der Waals surface area contributed by atoms with Crippen LogP contribution in [0.1, 0.15) is 72.6 Å². The molecule has 0 spiro atoms. The molecule has 0 bridgehead atoms. The fraction of sp³-hybridized carbons (Fsp3) is 1.00. The van der Waals surface area contributed by atoms with E-state index in [1.165, 1.54) is 38.5 Å². The summed E-state index contributed by atoms with van der Waals surface area (Å²) < 4.78 is 0. The van der Waals surface area contributed by atoms with Crippen LogP contribution in [0.5, 0.6) is 0 Å². The summed E-state index contributed by atoms with van der Waals surface area (Å²) in [5.41, 5.74) is 0. The molecule has 0 aliphatic heterocycles. The molecule has 0 aromatic rings. The highest BCUT2D eigenvalue weighted by molar-refractivity contribution is 4.68. The highest BCUT2D eigenvalue weighted by Gasteiger charge is 2.16. The standard InChI is InChI=1S/C14H30O/c1-5-8-13(9-6-2)14(15)11-7-10-12(3)4/h12-15H,5-11H2,1-4H3. The molecule has 92 valence electrons. The lowest BCUT2D eigenvalue weighted by Gasteiger charge is -2.22. The fourth-order valence-electron chi connectivity index (χ4n) is 2.24. The Kier molecular flexibility index (Phi) is 9.18. The minimum atomic E-state index is -0.0522. The van der Waals surface area contributed by atoms with Gasteiger partial charge in [0.2, 0.25) is 0 Å². The summed E-state index contributed by atoms with van der Waals surface area (Å²) in [6, 6.07) is 0. The van der Waals surface area contributed by atoms with Crippen molar-refractivity contribution in [1.82, 2.24) is 0 Å². The normalized spacial score (nSPS) is 13.8. The monoisotopic (exact) mass is 214 g/mol. The molecule has 0 rings (SSSR count). The van der Waals surface area contributed by atoms with Crippen molar-refractivity contribution in [2.24, 2.45) is 11.8 Å². The lowest BCUT2D eigenvalue weighted by molar-refractivity contribution is 0.0845. The summed E-state index contributed by atoms with van der Waals surface area (Å²) >= 11 is 0. The van der Waals surface area contributed by atoms with E-state index in [-0.39, 0.29) is 6.10 Å². The predicted octanol–water partition coefficient (Wildman–Crippen LogP) is 4.39. The quantitative estimate of drug-likeness (QED) is 0.603. The summed E-state index contributed by atoms with van der Waals surface area (Å²) in [7, 11) is 0. The van der Waals surface area contributed by atoms with E-state index in [0.717, 1.165) is 12.3 Å². The molecule has 1 heteroatoms. The van der Waals surface area contributed by atoms with Gasteiger partial charge in [0.25, 0.3) is 0 Å². The van der Waals surface area contributed by atoms with Crippen LogP contribution < -0.4 is 0 Å². The molecule has 0 aromatic carbocycles. The Morgan fingerprint density at radius 1 is 0.867 bits per heavy atom. The molecule has 15 heavy (non-hydrogen) atoms. The maximum Gasteiger partial charge on any atom is 0.0568 e. The first-order valence-electron chi connectivity index (χ1n) is 6.79. The Morgan fingerprint density at radius 3 is 1.80 bits per heavy atom. The summed E-state index contributed by atoms with van der Waals surface area (Å²) in [5, 5.41) is 10.1. The highest BCUT2D eigenvalue weighted by Crippen LogP contribution is 2.22. The first-order valence-corrected chi connectivity index (χ1v) is 6.79. The zero-order valence-electron chi connectivity index (χ0n) is 11.1. The SMILES string of the molecule is CCCC(CCC)C(O)CCCC(C)C. The number of hydrogen-bond acceptors (Lipinski definition) is 1. The molecular weight excluding hydrogens is 184 g/mol. The summed E-state index contributed by atoms with van der Waals surface area (Å²) in [4.78, 5) is 0. The molecule has 0 saturated carbocycles. The molecule has 0 aromatic heterocycles. The van der Waals surface area contributed by atoms with Crippen molar-refractivity contribution in [2.45, 2.75) is 78.7 Å². The van der Waals surface area contributed by atoms with Gasteiger partial charge in [-0.15, -0.1) is 0 Å². The maximum atomic E-state index is 10.1. The third-order valence-electron chi connectivity index (χ3n) is 3.14. The second-order valence-corrected chi connectivity index (χ2v) is 5.23. The largest absolute Gasteiger partial charge is 0.393 e. The Labute approximate surface area is 96.3 Å². The van der Waals surface area contributed by atoms with E-state index in [1.807, 2.05) is 0 Å². The Morgan fingerprint density at radius 2 is 1.40 bits per heavy atom. The van der Waals surface area contributed by atoms with Crippen LogP contribution in [0.25, 0.3) is 0 Å². The van der Waals surface area contributed by atoms with Crippen LogP contribution >= 0.6 is 0 Å². The van der Waals surface area contributed by atoms with Crippen LogP contribution in [0.15, 0.2) is 0 Å². The van der Waals surface area contributed by atoms with Gasteiger partial charge in [0, 0.05) is 0 Å². The van der Waals surface area contributed by atoms with Gasteiger partial charge < -0.3 is 5.11 Å². The summed E-state index contributed by atoms with van der Waals surface area (Å²) in [6.45, 7) is 8.93. The minimum absolute atomic E-state index is 0.0522. The Bertz CT molecular complexity index is 125. The molecule has 1 atom stereocenters. The zero-order valence-corrected chi connectivity index (χ0v) is 11.1. The van der Waals surface area contributed by atoms with Crippen molar-refractivity contribution in [2.75, 3.05) is 0 Å². The van der Waals surface area contributed by atoms with Crippen LogP contribution in [0.2, 0.25) is 0 Å². The van der Waals surface area contributed by atoms with Gasteiger partial charge >= 0.3 is 0 Å². The summed E-state index contributed by atoms with van der Waals surface area (Å²) in [6.07, 6.45) is 8.17. The van der Waals surface area contributed by atoms with Crippen molar-refractivity contribution < 1.29 is 5.11 Å². The average Bonchev–Trinajstić information content (AvgIpc) is 2.16. The molecule has 0 aliphatic carbocycles. The maximum absolute atomic E-state index is 10.1. The molecule has 0 heterocycles. The van der Waals surface area contributed by atoms with E-state index in [1.54, 1.807) is 0 Å². The number of hydrogen-bond donors (Lipinski definition) is 1. The van der Waals surface area contributed by atoms with Gasteiger partial charge in [-0.3, -0.25) is 0 Å². The third-order valence-corrected chi connectivity index (χ3v) is 3.14. The number of aliphatic hydroxyl groups is 1. The smallest absolute Gasteiger partial charge is 0.0568 e. The van der Waals surface area contributed by atoms with Gasteiger partial charge in [-0.2, -0.15) is 0 Å². The predicted molar refractivity (Wildman–Crippen MR) is 68.0 cm³/mol. The van der Waals surface area contributed by atoms with Gasteiger partial charge in [0.15, 0.2) is 0 Å². The van der Waals surface area contributed by atoms with E-state index in [4.69, 9.17) is 0 Å². The van der Waals surface area contributed by atoms with Crippen molar-refractivity contribution >= 4 is 0 Å². The van der Waals surface area contributed by atoms with Crippen LogP contribution in [-0.4, -0.2) is 11.2 Å². The van der Waals surface area contributed by atoms with E-state index in [0.29, 0.717) is 5.92 Å². The van der Waals surface area contributed by atoms with Crippen LogP contribution in [0.4, 0.5) is 0 Å². The minimum Gasteiger partial charge on any atom is -0.393 e. The van der Waals surface area contributed by atoms with Crippen molar-refractivity contribution in [1.29, 1.82) is 0 Å². The number of rotatable bonds is 9. The van der Waals surface area contributed by atoms with Crippen molar-refractivity contribution in [3.63, 3.8) is 0 Å². The third kappa shape index (κ3) is 7.84. The summed E-state index contributed by atoms with van der Waals surface area (Å²) in [5.74, 6) is 1.32. The van der Waals surface area contributed by atoms with Gasteiger partial charge in [-0.25, -0.2) is 0 Å². The van der Waals surface area contributed by atoms with Crippen molar-refractivity contribution in [3.8, 4) is 0 Å². The van der Waals surface area contributed by atoms with Crippen LogP contribution in [0.3, 0.4) is 0 Å². The lowest BCUT2D eigenvalue weighted by Crippen LogP contribution is -2.20. The van der Waals surface area contributed by atoms with E-state index in [9.17, 15) is 5.11 Å². The van der Waals surface area contributed by atoms with Crippen LogP contribution in [-0.2, 0) is 0 Å². The lowest BCUT2D eigenvalue weighted by atomic mass is 9.89. The second kappa shape index (κ2) is 9.21. The van der Waals surface area contributed by atoms with Gasteiger partial charge in [0.05, 0.1) is 6.10 Å². The average molecular weight is 214 g/mol. The molecule has 1 unspecified atom stereocenters. The fourth-order valence-corrected chi connectivity index (χ4v) is 2.24. The Balaban J connectivity index is 3.74. The molecule has 0 saturated heterocycles. The topological polar surface area (TPSA) is 20.2 Å². The second-order valence-electron chi connectivity index (χ2n) is 5.23. The van der Waals surface area contributed by atoms with Gasteiger partial charge in [-0.05, 0) is 31.1 Å². The van der Waals surface area contributed by atoms with Gasteiger partial charge in [-0.1, -0.05) is 53.4 Å². The van der Waals surface area contributed by atoms with E-state index >= 15 is 0 Å². The van der Waals surface area contributed by atoms with Crippen molar-refractivity contribution in [3.05, 3.63) is 0 Å². The molecule has 0 aliphatic rings. The molecule has 1 N–H and O–H groups in total. The molecule has 0 radical (unpaired) electrons. The first kappa shape index (κ1) is 15.0. The molecule has 0 amide bonds. The van der Waals surface area contributed by atoms with E-state index in [2.05, 4.69) is 27.7 Å².